The van der Waals surface area contributed by atoms with E-state index in [9.17, 15) is 9.18 Å². The monoisotopic (exact) mass is 434 g/mol. The van der Waals surface area contributed by atoms with Gasteiger partial charge in [0.1, 0.15) is 5.82 Å². The van der Waals surface area contributed by atoms with Crippen LogP contribution >= 0.6 is 35.6 Å². The van der Waals surface area contributed by atoms with Crippen LogP contribution in [0.2, 0.25) is 5.02 Å². The van der Waals surface area contributed by atoms with Gasteiger partial charge in [-0.2, -0.15) is 0 Å². The first-order valence-corrected chi connectivity index (χ1v) is 10.3. The summed E-state index contributed by atoms with van der Waals surface area (Å²) in [6.07, 6.45) is 1.81. The van der Waals surface area contributed by atoms with Gasteiger partial charge in [-0.15, -0.1) is 0 Å². The van der Waals surface area contributed by atoms with Gasteiger partial charge < -0.3 is 9.64 Å². The number of morpholine rings is 1. The fraction of sp³-hybridized carbons (Fsp3) is 0.200. The van der Waals surface area contributed by atoms with E-state index in [1.54, 1.807) is 0 Å². The quantitative estimate of drug-likeness (QED) is 0.515. The smallest absolute Gasteiger partial charge is 0.270 e. The van der Waals surface area contributed by atoms with E-state index in [4.69, 9.17) is 28.6 Å². The molecule has 0 bridgehead atoms. The standard InChI is InChI=1S/C20H16ClFN2O2S2/c21-16-12-15(5-6-17(16)22)24-19(25)18(28-20(24)27)11-13-1-3-14(4-2-13)23-7-9-26-10-8-23/h1-6,11-12H,7-10H2/b18-11+. The molecule has 2 fully saturated rings. The second-order valence-corrected chi connectivity index (χ2v) is 8.39. The molecule has 0 aromatic heterocycles. The molecule has 0 N–H and O–H groups in total. The number of carbonyl (C=O) groups excluding carboxylic acids is 1. The number of ether oxygens (including phenoxy) is 1. The van der Waals surface area contributed by atoms with Gasteiger partial charge in [-0.05, 0) is 42.0 Å². The number of amides is 1. The normalized spacial score (nSPS) is 19.0. The molecule has 4 rings (SSSR count). The number of anilines is 2. The minimum absolute atomic E-state index is 0.0470. The summed E-state index contributed by atoms with van der Waals surface area (Å²) in [5, 5.41) is -0.0470. The molecule has 2 saturated heterocycles. The van der Waals surface area contributed by atoms with Gasteiger partial charge >= 0.3 is 0 Å². The van der Waals surface area contributed by atoms with Crippen LogP contribution in [0.4, 0.5) is 15.8 Å². The minimum atomic E-state index is -0.535. The van der Waals surface area contributed by atoms with Crippen LogP contribution in [0.25, 0.3) is 6.08 Å². The highest BCUT2D eigenvalue weighted by Gasteiger charge is 2.33. The highest BCUT2D eigenvalue weighted by molar-refractivity contribution is 8.27. The van der Waals surface area contributed by atoms with Crippen LogP contribution in [0, 0.1) is 5.82 Å². The summed E-state index contributed by atoms with van der Waals surface area (Å²) in [6, 6.07) is 12.2. The Kier molecular flexibility index (Phi) is 5.68. The highest BCUT2D eigenvalue weighted by atomic mass is 35.5. The summed E-state index contributed by atoms with van der Waals surface area (Å²) >= 11 is 12.4. The third-order valence-corrected chi connectivity index (χ3v) is 6.11. The summed E-state index contributed by atoms with van der Waals surface area (Å²) in [6.45, 7) is 3.21. The van der Waals surface area contributed by atoms with Crippen molar-refractivity contribution in [1.82, 2.24) is 0 Å². The van der Waals surface area contributed by atoms with E-state index in [0.29, 0.717) is 14.9 Å². The molecular weight excluding hydrogens is 419 g/mol. The fourth-order valence-electron chi connectivity index (χ4n) is 3.07. The number of hydrogen-bond donors (Lipinski definition) is 0. The molecular formula is C20H16ClFN2O2S2. The van der Waals surface area contributed by atoms with Crippen LogP contribution in [0.15, 0.2) is 47.4 Å². The lowest BCUT2D eigenvalue weighted by molar-refractivity contribution is -0.113. The predicted molar refractivity (Wildman–Crippen MR) is 117 cm³/mol. The molecule has 1 amide bonds. The summed E-state index contributed by atoms with van der Waals surface area (Å²) < 4.78 is 19.2. The van der Waals surface area contributed by atoms with Gasteiger partial charge in [-0.25, -0.2) is 4.39 Å². The van der Waals surface area contributed by atoms with E-state index < -0.39 is 5.82 Å². The molecule has 144 valence electrons. The molecule has 4 nitrogen and oxygen atoms in total. The second-order valence-electron chi connectivity index (χ2n) is 6.31. The summed E-state index contributed by atoms with van der Waals surface area (Å²) in [4.78, 5) is 17.0. The van der Waals surface area contributed by atoms with Crippen LogP contribution in [0.1, 0.15) is 5.56 Å². The maximum Gasteiger partial charge on any atom is 0.270 e. The molecule has 2 aliphatic heterocycles. The Morgan fingerprint density at radius 2 is 1.79 bits per heavy atom. The molecule has 0 unspecified atom stereocenters. The first-order chi connectivity index (χ1) is 13.5. The number of nitrogens with zero attached hydrogens (tertiary/aromatic N) is 2. The van der Waals surface area contributed by atoms with E-state index in [1.807, 2.05) is 30.3 Å². The predicted octanol–water partition coefficient (Wildman–Crippen LogP) is 4.72. The molecule has 2 aromatic carbocycles. The van der Waals surface area contributed by atoms with Crippen molar-refractivity contribution < 1.29 is 13.9 Å². The number of rotatable bonds is 3. The Bertz CT molecular complexity index is 959. The lowest BCUT2D eigenvalue weighted by atomic mass is 10.1. The van der Waals surface area contributed by atoms with E-state index in [-0.39, 0.29) is 10.9 Å². The van der Waals surface area contributed by atoms with Gasteiger partial charge in [0.05, 0.1) is 28.8 Å². The molecule has 0 radical (unpaired) electrons. The van der Waals surface area contributed by atoms with Crippen molar-refractivity contribution in [2.24, 2.45) is 0 Å². The Labute approximate surface area is 176 Å². The van der Waals surface area contributed by atoms with Gasteiger partial charge in [0, 0.05) is 18.8 Å². The fourth-order valence-corrected chi connectivity index (χ4v) is 4.54. The number of halogens is 2. The Morgan fingerprint density at radius 3 is 2.46 bits per heavy atom. The number of thiocarbonyl (C=S) groups is 1. The lowest BCUT2D eigenvalue weighted by Crippen LogP contribution is -2.36. The van der Waals surface area contributed by atoms with Crippen LogP contribution in [-0.4, -0.2) is 36.5 Å². The molecule has 0 aliphatic carbocycles. The van der Waals surface area contributed by atoms with Crippen LogP contribution < -0.4 is 9.80 Å². The van der Waals surface area contributed by atoms with Gasteiger partial charge in [0.2, 0.25) is 0 Å². The van der Waals surface area contributed by atoms with Crippen molar-refractivity contribution in [3.8, 4) is 0 Å². The summed E-state index contributed by atoms with van der Waals surface area (Å²) in [7, 11) is 0. The van der Waals surface area contributed by atoms with Crippen molar-refractivity contribution in [1.29, 1.82) is 0 Å². The zero-order valence-corrected chi connectivity index (χ0v) is 17.1. The maximum atomic E-state index is 13.4. The SMILES string of the molecule is O=C1/C(=C\c2ccc(N3CCOCC3)cc2)SC(=S)N1c1ccc(F)c(Cl)c1. The minimum Gasteiger partial charge on any atom is -0.378 e. The van der Waals surface area contributed by atoms with Crippen molar-refractivity contribution in [2.45, 2.75) is 0 Å². The van der Waals surface area contributed by atoms with E-state index in [1.165, 1.54) is 34.9 Å². The van der Waals surface area contributed by atoms with Crippen LogP contribution in [0.5, 0.6) is 0 Å². The summed E-state index contributed by atoms with van der Waals surface area (Å²) in [5.74, 6) is -0.776. The van der Waals surface area contributed by atoms with Crippen LogP contribution in [-0.2, 0) is 9.53 Å². The number of carbonyl (C=O) groups is 1. The first kappa shape index (κ1) is 19.4. The van der Waals surface area contributed by atoms with Crippen molar-refractivity contribution in [3.05, 3.63) is 63.8 Å². The third-order valence-electron chi connectivity index (χ3n) is 4.52. The maximum absolute atomic E-state index is 13.4. The third kappa shape index (κ3) is 3.93. The molecule has 2 heterocycles. The number of hydrogen-bond acceptors (Lipinski definition) is 5. The van der Waals surface area contributed by atoms with Gasteiger partial charge in [-0.3, -0.25) is 9.69 Å². The van der Waals surface area contributed by atoms with Gasteiger partial charge in [-0.1, -0.05) is 47.7 Å². The highest BCUT2D eigenvalue weighted by Crippen LogP contribution is 2.37. The first-order valence-electron chi connectivity index (χ1n) is 8.69. The van der Waals surface area contributed by atoms with E-state index in [0.717, 1.165) is 37.6 Å². The molecule has 0 atom stereocenters. The molecule has 0 spiro atoms. The second kappa shape index (κ2) is 8.21. The molecule has 28 heavy (non-hydrogen) atoms. The van der Waals surface area contributed by atoms with Crippen molar-refractivity contribution in [3.63, 3.8) is 0 Å². The Morgan fingerprint density at radius 1 is 1.11 bits per heavy atom. The summed E-state index contributed by atoms with van der Waals surface area (Å²) in [5.41, 5.74) is 2.50. The average Bonchev–Trinajstić information content (AvgIpc) is 2.98. The topological polar surface area (TPSA) is 32.8 Å². The van der Waals surface area contributed by atoms with E-state index in [2.05, 4.69) is 4.90 Å². The Hall–Kier alpha value is -1.93. The van der Waals surface area contributed by atoms with Gasteiger partial charge in [0.15, 0.2) is 4.32 Å². The zero-order valence-electron chi connectivity index (χ0n) is 14.7. The van der Waals surface area contributed by atoms with Gasteiger partial charge in [0.25, 0.3) is 5.91 Å². The zero-order chi connectivity index (χ0) is 19.7. The molecule has 8 heteroatoms. The molecule has 2 aliphatic rings. The largest absolute Gasteiger partial charge is 0.378 e. The average molecular weight is 435 g/mol. The number of thioether (sulfide) groups is 1. The Balaban J connectivity index is 1.54. The number of benzene rings is 2. The molecule has 0 saturated carbocycles. The van der Waals surface area contributed by atoms with Crippen molar-refractivity contribution in [2.75, 3.05) is 36.1 Å². The molecule has 2 aromatic rings. The van der Waals surface area contributed by atoms with E-state index >= 15 is 0 Å². The lowest BCUT2D eigenvalue weighted by Gasteiger charge is -2.28. The van der Waals surface area contributed by atoms with Crippen LogP contribution in [0.3, 0.4) is 0 Å². The van der Waals surface area contributed by atoms with Crippen molar-refractivity contribution >= 4 is 63.3 Å².